The van der Waals surface area contributed by atoms with Crippen molar-refractivity contribution in [3.05, 3.63) is 113 Å². The molecule has 11 heteroatoms. The SMILES string of the molecule is CCOc1ccc([C@H]2C(C(=O)OC(C)C)=C(C)N=c3s/c(=C/c4ccc(-c5cccc([N+](=O)[O-])c5)o4)c(=O)n32)cc1. The van der Waals surface area contributed by atoms with Crippen molar-refractivity contribution in [1.82, 2.24) is 4.57 Å². The normalized spacial score (nSPS) is 15.0. The van der Waals surface area contributed by atoms with Crippen molar-refractivity contribution < 1.29 is 23.6 Å². The Balaban J connectivity index is 1.60. The van der Waals surface area contributed by atoms with E-state index in [1.807, 2.05) is 19.1 Å². The van der Waals surface area contributed by atoms with Crippen LogP contribution in [-0.4, -0.2) is 28.2 Å². The number of esters is 1. The third-order valence-corrected chi connectivity index (χ3v) is 7.32. The fourth-order valence-electron chi connectivity index (χ4n) is 4.58. The first-order chi connectivity index (χ1) is 19.7. The van der Waals surface area contributed by atoms with Gasteiger partial charge in [-0.05, 0) is 57.5 Å². The number of nitrogens with zero attached hydrogens (tertiary/aromatic N) is 3. The molecule has 0 spiro atoms. The molecule has 0 fully saturated rings. The predicted octanol–water partition coefficient (Wildman–Crippen LogP) is 4.75. The molecule has 0 radical (unpaired) electrons. The van der Waals surface area contributed by atoms with Gasteiger partial charge in [-0.1, -0.05) is 35.6 Å². The van der Waals surface area contributed by atoms with Gasteiger partial charge in [0.1, 0.15) is 17.3 Å². The van der Waals surface area contributed by atoms with E-state index in [0.717, 1.165) is 0 Å². The minimum Gasteiger partial charge on any atom is -0.494 e. The molecule has 10 nitrogen and oxygen atoms in total. The molecule has 1 aliphatic rings. The van der Waals surface area contributed by atoms with Gasteiger partial charge in [0.05, 0.1) is 39.5 Å². The van der Waals surface area contributed by atoms with E-state index in [0.29, 0.717) is 50.0 Å². The van der Waals surface area contributed by atoms with Crippen LogP contribution in [0.2, 0.25) is 0 Å². The first kappa shape index (κ1) is 27.8. The second kappa shape index (κ2) is 11.4. The van der Waals surface area contributed by atoms with E-state index in [-0.39, 0.29) is 22.9 Å². The summed E-state index contributed by atoms with van der Waals surface area (Å²) in [6, 6.07) is 16.0. The first-order valence-corrected chi connectivity index (χ1v) is 13.8. The summed E-state index contributed by atoms with van der Waals surface area (Å²) in [7, 11) is 0. The number of carbonyl (C=O) groups is 1. The molecule has 0 amide bonds. The molecule has 1 aliphatic heterocycles. The second-order valence-corrected chi connectivity index (χ2v) is 10.6. The summed E-state index contributed by atoms with van der Waals surface area (Å²) in [4.78, 5) is 42.8. The number of carbonyl (C=O) groups excluding carboxylic acids is 1. The van der Waals surface area contributed by atoms with Crippen molar-refractivity contribution in [2.24, 2.45) is 4.99 Å². The van der Waals surface area contributed by atoms with Crippen LogP contribution in [0.1, 0.15) is 45.1 Å². The van der Waals surface area contributed by atoms with Crippen LogP contribution in [-0.2, 0) is 9.53 Å². The Labute approximate surface area is 238 Å². The lowest BCUT2D eigenvalue weighted by atomic mass is 9.96. The minimum atomic E-state index is -0.757. The molecule has 0 N–H and O–H groups in total. The van der Waals surface area contributed by atoms with Gasteiger partial charge in [-0.15, -0.1) is 0 Å². The summed E-state index contributed by atoms with van der Waals surface area (Å²) in [5.41, 5.74) is 1.60. The number of thiazole rings is 1. The van der Waals surface area contributed by atoms with Gasteiger partial charge in [0, 0.05) is 23.8 Å². The number of furan rings is 1. The van der Waals surface area contributed by atoms with Crippen LogP contribution >= 0.6 is 11.3 Å². The van der Waals surface area contributed by atoms with Gasteiger partial charge in [0.25, 0.3) is 11.2 Å². The van der Waals surface area contributed by atoms with E-state index in [1.54, 1.807) is 63.2 Å². The number of allylic oxidation sites excluding steroid dienone is 1. The Hall–Kier alpha value is -4.77. The number of nitro benzene ring substituents is 1. The number of hydrogen-bond acceptors (Lipinski definition) is 9. The quantitative estimate of drug-likeness (QED) is 0.169. The van der Waals surface area contributed by atoms with Crippen molar-refractivity contribution in [2.45, 2.75) is 39.8 Å². The molecule has 2 aromatic heterocycles. The molecule has 0 aliphatic carbocycles. The van der Waals surface area contributed by atoms with Crippen LogP contribution in [0.15, 0.2) is 86.1 Å². The van der Waals surface area contributed by atoms with Crippen molar-refractivity contribution in [1.29, 1.82) is 0 Å². The van der Waals surface area contributed by atoms with Crippen LogP contribution in [0.3, 0.4) is 0 Å². The molecule has 41 heavy (non-hydrogen) atoms. The predicted molar refractivity (Wildman–Crippen MR) is 153 cm³/mol. The molecule has 0 saturated carbocycles. The number of fused-ring (bicyclic) bond motifs is 1. The lowest BCUT2D eigenvalue weighted by Gasteiger charge is -2.25. The Kier molecular flexibility index (Phi) is 7.71. The summed E-state index contributed by atoms with van der Waals surface area (Å²) in [6.45, 7) is 7.66. The fourth-order valence-corrected chi connectivity index (χ4v) is 5.60. The number of ether oxygens (including phenoxy) is 2. The lowest BCUT2D eigenvalue weighted by molar-refractivity contribution is -0.384. The van der Waals surface area contributed by atoms with Gasteiger partial charge in [-0.3, -0.25) is 19.5 Å². The Morgan fingerprint density at radius 3 is 2.63 bits per heavy atom. The van der Waals surface area contributed by atoms with Crippen LogP contribution in [0, 0.1) is 10.1 Å². The van der Waals surface area contributed by atoms with Crippen LogP contribution in [0.25, 0.3) is 17.4 Å². The number of nitro groups is 1. The minimum absolute atomic E-state index is 0.0507. The summed E-state index contributed by atoms with van der Waals surface area (Å²) in [6.07, 6.45) is 1.25. The van der Waals surface area contributed by atoms with Gasteiger partial charge in [-0.2, -0.15) is 0 Å². The van der Waals surface area contributed by atoms with E-state index in [9.17, 15) is 19.7 Å². The zero-order valence-electron chi connectivity index (χ0n) is 22.8. The highest BCUT2D eigenvalue weighted by Gasteiger charge is 2.33. The average molecular weight is 574 g/mol. The maximum absolute atomic E-state index is 13.8. The third kappa shape index (κ3) is 5.62. The number of hydrogen-bond donors (Lipinski definition) is 0. The van der Waals surface area contributed by atoms with Gasteiger partial charge in [-0.25, -0.2) is 9.79 Å². The molecule has 0 unspecified atom stereocenters. The Bertz CT molecular complexity index is 1850. The molecule has 5 rings (SSSR count). The van der Waals surface area contributed by atoms with Crippen molar-refractivity contribution in [3.8, 4) is 17.1 Å². The summed E-state index contributed by atoms with van der Waals surface area (Å²) >= 11 is 1.18. The van der Waals surface area contributed by atoms with Crippen molar-refractivity contribution in [2.75, 3.05) is 6.61 Å². The Morgan fingerprint density at radius 1 is 1.20 bits per heavy atom. The molecule has 2 aromatic carbocycles. The number of aromatic nitrogens is 1. The van der Waals surface area contributed by atoms with Gasteiger partial charge in [0.15, 0.2) is 4.80 Å². The highest BCUT2D eigenvalue weighted by atomic mass is 32.1. The zero-order valence-corrected chi connectivity index (χ0v) is 23.6. The molecule has 3 heterocycles. The van der Waals surface area contributed by atoms with E-state index < -0.39 is 16.9 Å². The van der Waals surface area contributed by atoms with Gasteiger partial charge in [0.2, 0.25) is 0 Å². The lowest BCUT2D eigenvalue weighted by Crippen LogP contribution is -2.40. The van der Waals surface area contributed by atoms with Gasteiger partial charge < -0.3 is 13.9 Å². The van der Waals surface area contributed by atoms with Crippen LogP contribution in [0.4, 0.5) is 5.69 Å². The fraction of sp³-hybridized carbons (Fsp3) is 0.233. The van der Waals surface area contributed by atoms with Crippen LogP contribution < -0.4 is 19.6 Å². The molecular formula is C30H27N3O7S. The zero-order chi connectivity index (χ0) is 29.3. The van der Waals surface area contributed by atoms with E-state index >= 15 is 0 Å². The number of rotatable bonds is 8. The highest BCUT2D eigenvalue weighted by molar-refractivity contribution is 7.07. The maximum Gasteiger partial charge on any atom is 0.338 e. The van der Waals surface area contributed by atoms with Crippen LogP contribution in [0.5, 0.6) is 5.75 Å². The average Bonchev–Trinajstić information content (AvgIpc) is 3.52. The monoisotopic (exact) mass is 573 g/mol. The number of benzene rings is 2. The van der Waals surface area contributed by atoms with E-state index in [1.165, 1.54) is 28.0 Å². The van der Waals surface area contributed by atoms with Crippen molar-refractivity contribution >= 4 is 29.1 Å². The Morgan fingerprint density at radius 2 is 1.95 bits per heavy atom. The van der Waals surface area contributed by atoms with Gasteiger partial charge >= 0.3 is 5.97 Å². The molecule has 1 atom stereocenters. The summed E-state index contributed by atoms with van der Waals surface area (Å²) < 4.78 is 18.9. The largest absolute Gasteiger partial charge is 0.494 e. The van der Waals surface area contributed by atoms with E-state index in [2.05, 4.69) is 4.99 Å². The maximum atomic E-state index is 13.8. The van der Waals surface area contributed by atoms with Crippen molar-refractivity contribution in [3.63, 3.8) is 0 Å². The molecule has 0 saturated heterocycles. The smallest absolute Gasteiger partial charge is 0.338 e. The van der Waals surface area contributed by atoms with E-state index in [4.69, 9.17) is 13.9 Å². The summed E-state index contributed by atoms with van der Waals surface area (Å²) in [5.74, 6) is 0.953. The third-order valence-electron chi connectivity index (χ3n) is 6.33. The standard InChI is InChI=1S/C30H27N3O7S/c1-5-38-22-11-9-19(10-12-22)27-26(29(35)39-17(2)3)18(4)31-30-32(27)28(34)25(41-30)16-23-13-14-24(40-23)20-7-6-8-21(15-20)33(36)37/h6-17,27H,5H2,1-4H3/b25-16+/t27-/m0/s1. The molecule has 4 aromatic rings. The second-order valence-electron chi connectivity index (χ2n) is 9.55. The molecule has 0 bridgehead atoms. The topological polar surface area (TPSA) is 126 Å². The number of non-ortho nitro benzene ring substituents is 1. The molecule has 210 valence electrons. The first-order valence-electron chi connectivity index (χ1n) is 13.0. The summed E-state index contributed by atoms with van der Waals surface area (Å²) in [5, 5.41) is 11.2. The highest BCUT2D eigenvalue weighted by Crippen LogP contribution is 2.32. The molecular weight excluding hydrogens is 546 g/mol.